The van der Waals surface area contributed by atoms with Gasteiger partial charge in [0.2, 0.25) is 0 Å². The first-order valence-corrected chi connectivity index (χ1v) is 6.57. The average molecular weight is 233 g/mol. The van der Waals surface area contributed by atoms with Gasteiger partial charge in [0.1, 0.15) is 5.82 Å². The molecule has 4 atom stereocenters. The number of rotatable bonds is 2. The lowest BCUT2D eigenvalue weighted by molar-refractivity contribution is -0.0138. The van der Waals surface area contributed by atoms with Gasteiger partial charge >= 0.3 is 0 Å². The lowest BCUT2D eigenvalue weighted by Crippen LogP contribution is -2.61. The van der Waals surface area contributed by atoms with Crippen molar-refractivity contribution in [1.29, 1.82) is 0 Å². The summed E-state index contributed by atoms with van der Waals surface area (Å²) in [6, 6.07) is 5.93. The van der Waals surface area contributed by atoms with Crippen molar-refractivity contribution < 1.29 is 4.39 Å². The fourth-order valence-corrected chi connectivity index (χ4v) is 4.36. The van der Waals surface area contributed by atoms with Gasteiger partial charge in [-0.15, -0.1) is 0 Å². The topological polar surface area (TPSA) is 12.0 Å². The summed E-state index contributed by atoms with van der Waals surface area (Å²) in [6.45, 7) is 4.63. The van der Waals surface area contributed by atoms with Gasteiger partial charge in [-0.1, -0.05) is 19.9 Å². The summed E-state index contributed by atoms with van der Waals surface area (Å²) >= 11 is 0. The molecule has 0 aliphatic heterocycles. The van der Waals surface area contributed by atoms with Crippen molar-refractivity contribution in [3.05, 3.63) is 35.1 Å². The second kappa shape index (κ2) is 3.55. The van der Waals surface area contributed by atoms with Crippen molar-refractivity contribution >= 4 is 0 Å². The molecule has 2 aliphatic carbocycles. The second-order valence-corrected chi connectivity index (χ2v) is 5.81. The fraction of sp³-hybridized carbons (Fsp3) is 0.600. The second-order valence-electron chi connectivity index (χ2n) is 5.81. The van der Waals surface area contributed by atoms with Crippen molar-refractivity contribution in [1.82, 2.24) is 5.32 Å². The normalized spacial score (nSPS) is 38.5. The van der Waals surface area contributed by atoms with Gasteiger partial charge in [-0.3, -0.25) is 0 Å². The smallest absolute Gasteiger partial charge is 0.123 e. The van der Waals surface area contributed by atoms with Crippen molar-refractivity contribution in [3.63, 3.8) is 0 Å². The molecule has 0 saturated heterocycles. The highest BCUT2D eigenvalue weighted by atomic mass is 19.1. The molecule has 17 heavy (non-hydrogen) atoms. The lowest BCUT2D eigenvalue weighted by Gasteiger charge is -2.58. The van der Waals surface area contributed by atoms with Crippen LogP contribution in [0.3, 0.4) is 0 Å². The van der Waals surface area contributed by atoms with E-state index < -0.39 is 0 Å². The number of hydrogen-bond donors (Lipinski definition) is 1. The monoisotopic (exact) mass is 233 g/mol. The van der Waals surface area contributed by atoms with Crippen molar-refractivity contribution in [2.45, 2.75) is 38.6 Å². The highest BCUT2D eigenvalue weighted by Gasteiger charge is 2.60. The highest BCUT2D eigenvalue weighted by molar-refractivity contribution is 5.43. The number of nitrogens with one attached hydrogen (secondary N) is 1. The Balaban J connectivity index is 2.02. The molecule has 0 bridgehead atoms. The Bertz CT molecular complexity index is 456. The van der Waals surface area contributed by atoms with Crippen LogP contribution in [0.2, 0.25) is 0 Å². The van der Waals surface area contributed by atoms with E-state index in [1.165, 1.54) is 17.5 Å². The number of fused-ring (bicyclic) bond motifs is 3. The summed E-state index contributed by atoms with van der Waals surface area (Å²) in [6.07, 6.45) is 2.22. The van der Waals surface area contributed by atoms with E-state index in [-0.39, 0.29) is 5.82 Å². The summed E-state index contributed by atoms with van der Waals surface area (Å²) in [7, 11) is 2.05. The zero-order valence-corrected chi connectivity index (χ0v) is 10.8. The maximum Gasteiger partial charge on any atom is 0.123 e. The summed E-state index contributed by atoms with van der Waals surface area (Å²) < 4.78 is 13.3. The zero-order chi connectivity index (χ0) is 12.2. The third-order valence-electron chi connectivity index (χ3n) is 5.25. The quantitative estimate of drug-likeness (QED) is 0.827. The molecule has 0 heterocycles. The van der Waals surface area contributed by atoms with Gasteiger partial charge in [0.05, 0.1) is 0 Å². The van der Waals surface area contributed by atoms with Gasteiger partial charge < -0.3 is 5.32 Å². The number of benzene rings is 1. The minimum atomic E-state index is -0.0933. The fourth-order valence-electron chi connectivity index (χ4n) is 4.36. The van der Waals surface area contributed by atoms with E-state index in [2.05, 4.69) is 26.2 Å². The molecule has 4 unspecified atom stereocenters. The summed E-state index contributed by atoms with van der Waals surface area (Å²) in [5.41, 5.74) is 2.97. The molecule has 0 amide bonds. The van der Waals surface area contributed by atoms with Crippen LogP contribution in [0.25, 0.3) is 0 Å². The zero-order valence-electron chi connectivity index (χ0n) is 10.8. The predicted molar refractivity (Wildman–Crippen MR) is 67.6 cm³/mol. The van der Waals surface area contributed by atoms with Gasteiger partial charge in [-0.2, -0.15) is 0 Å². The maximum atomic E-state index is 13.3. The van der Waals surface area contributed by atoms with E-state index in [9.17, 15) is 4.39 Å². The Morgan fingerprint density at radius 2 is 2.24 bits per heavy atom. The van der Waals surface area contributed by atoms with Crippen LogP contribution in [-0.4, -0.2) is 13.1 Å². The third-order valence-corrected chi connectivity index (χ3v) is 5.25. The summed E-state index contributed by atoms with van der Waals surface area (Å²) in [5, 5.41) is 3.47. The van der Waals surface area contributed by atoms with E-state index in [4.69, 9.17) is 0 Å². The molecule has 92 valence electrons. The lowest BCUT2D eigenvalue weighted by atomic mass is 9.50. The van der Waals surface area contributed by atoms with Gasteiger partial charge in [0, 0.05) is 6.04 Å². The van der Waals surface area contributed by atoms with Crippen LogP contribution in [0.5, 0.6) is 0 Å². The van der Waals surface area contributed by atoms with Crippen LogP contribution in [-0.2, 0) is 6.42 Å². The molecule has 0 aromatic heterocycles. The molecule has 2 aliphatic rings. The number of halogens is 1. The minimum Gasteiger partial charge on any atom is -0.316 e. The molecule has 1 saturated carbocycles. The Hall–Kier alpha value is -0.890. The molecule has 1 N–H and O–H groups in total. The largest absolute Gasteiger partial charge is 0.316 e. The molecule has 1 nitrogen and oxygen atoms in total. The minimum absolute atomic E-state index is 0.0933. The molecule has 1 aromatic rings. The predicted octanol–water partition coefficient (Wildman–Crippen LogP) is 3.10. The Morgan fingerprint density at radius 1 is 1.47 bits per heavy atom. The molecule has 0 radical (unpaired) electrons. The third kappa shape index (κ3) is 1.28. The van der Waals surface area contributed by atoms with Crippen LogP contribution < -0.4 is 5.32 Å². The average Bonchev–Trinajstić information content (AvgIpc) is 2.64. The van der Waals surface area contributed by atoms with Gasteiger partial charge in [-0.05, 0) is 60.4 Å². The first-order valence-electron chi connectivity index (χ1n) is 6.57. The molecular weight excluding hydrogens is 213 g/mol. The SMILES string of the molecule is CCC1(C)C(NC)C2Cc3cc(F)ccc3C21. The Morgan fingerprint density at radius 3 is 2.88 bits per heavy atom. The first kappa shape index (κ1) is 11.2. The van der Waals surface area contributed by atoms with E-state index in [1.54, 1.807) is 12.1 Å². The van der Waals surface area contributed by atoms with Crippen LogP contribution >= 0.6 is 0 Å². The summed E-state index contributed by atoms with van der Waals surface area (Å²) in [4.78, 5) is 0. The van der Waals surface area contributed by atoms with Crippen molar-refractivity contribution in [3.8, 4) is 0 Å². The molecule has 2 heteroatoms. The molecule has 1 aromatic carbocycles. The maximum absolute atomic E-state index is 13.3. The van der Waals surface area contributed by atoms with Crippen LogP contribution in [0.4, 0.5) is 4.39 Å². The van der Waals surface area contributed by atoms with Gasteiger partial charge in [-0.25, -0.2) is 4.39 Å². The Labute approximate surface area is 102 Å². The van der Waals surface area contributed by atoms with Crippen LogP contribution in [0, 0.1) is 17.2 Å². The first-order chi connectivity index (χ1) is 8.11. The molecule has 3 rings (SSSR count). The van der Waals surface area contributed by atoms with Crippen molar-refractivity contribution in [2.75, 3.05) is 7.05 Å². The highest BCUT2D eigenvalue weighted by Crippen LogP contribution is 2.63. The van der Waals surface area contributed by atoms with E-state index in [1.807, 2.05) is 6.07 Å². The Kier molecular flexibility index (Phi) is 2.34. The van der Waals surface area contributed by atoms with E-state index in [0.717, 1.165) is 6.42 Å². The van der Waals surface area contributed by atoms with Gasteiger partial charge in [0.15, 0.2) is 0 Å². The van der Waals surface area contributed by atoms with E-state index >= 15 is 0 Å². The summed E-state index contributed by atoms with van der Waals surface area (Å²) in [5.74, 6) is 1.20. The van der Waals surface area contributed by atoms with Crippen molar-refractivity contribution in [2.24, 2.45) is 11.3 Å². The van der Waals surface area contributed by atoms with Crippen LogP contribution in [0.1, 0.15) is 37.3 Å². The molecule has 0 spiro atoms. The standard InChI is InChI=1S/C15H20FN/c1-4-15(2)13-11-6-5-10(16)7-9(11)8-12(13)14(15)17-3/h5-7,12-14,17H,4,8H2,1-3H3. The molecular formula is C15H20FN. The molecule has 1 fully saturated rings. The van der Waals surface area contributed by atoms with E-state index in [0.29, 0.717) is 23.3 Å². The van der Waals surface area contributed by atoms with Gasteiger partial charge in [0.25, 0.3) is 0 Å². The van der Waals surface area contributed by atoms with Crippen LogP contribution in [0.15, 0.2) is 18.2 Å². The number of hydrogen-bond acceptors (Lipinski definition) is 1.